The van der Waals surface area contributed by atoms with Crippen LogP contribution in [0.1, 0.15) is 12.8 Å². The lowest BCUT2D eigenvalue weighted by Gasteiger charge is -2.26. The summed E-state index contributed by atoms with van der Waals surface area (Å²) in [5.41, 5.74) is 3.64. The number of sulfonamides is 1. The first-order chi connectivity index (χ1) is 13.5. The standard InChI is InChI=1S/C20H27N3O4S/c1-26-14-20(4-5-20)13-22-9-15-11-23(12-16(15)10-22)28(24,25)17-2-3-19-18(8-17)21-6-7-27-19/h2-3,8,21H,4-7,9-14H2,1H3. The predicted octanol–water partition coefficient (Wildman–Crippen LogP) is 1.53. The van der Waals surface area contributed by atoms with Crippen LogP contribution in [0.15, 0.2) is 34.2 Å². The molecule has 7 nitrogen and oxygen atoms in total. The Kier molecular flexibility index (Phi) is 4.42. The fraction of sp³-hybridized carbons (Fsp3) is 0.600. The molecule has 0 bridgehead atoms. The zero-order valence-corrected chi connectivity index (χ0v) is 17.1. The number of benzene rings is 1. The largest absolute Gasteiger partial charge is 0.490 e. The van der Waals surface area contributed by atoms with Crippen LogP contribution in [0.4, 0.5) is 5.69 Å². The van der Waals surface area contributed by atoms with Gasteiger partial charge in [0.25, 0.3) is 0 Å². The molecule has 0 unspecified atom stereocenters. The minimum Gasteiger partial charge on any atom is -0.490 e. The minimum absolute atomic E-state index is 0.332. The third-order valence-electron chi connectivity index (χ3n) is 6.29. The second-order valence-corrected chi connectivity index (χ2v) is 10.4. The number of nitrogens with one attached hydrogen (secondary N) is 1. The predicted molar refractivity (Wildman–Crippen MR) is 106 cm³/mol. The number of ether oxygens (including phenoxy) is 2. The fourth-order valence-corrected chi connectivity index (χ4v) is 6.10. The Morgan fingerprint density at radius 1 is 1.18 bits per heavy atom. The van der Waals surface area contributed by atoms with E-state index >= 15 is 0 Å². The molecule has 0 radical (unpaired) electrons. The van der Waals surface area contributed by atoms with E-state index in [1.807, 2.05) is 0 Å². The van der Waals surface area contributed by atoms with Crippen molar-refractivity contribution in [3.8, 4) is 5.75 Å². The summed E-state index contributed by atoms with van der Waals surface area (Å²) < 4.78 is 38.9. The number of anilines is 1. The van der Waals surface area contributed by atoms with Crippen molar-refractivity contribution in [3.63, 3.8) is 0 Å². The van der Waals surface area contributed by atoms with Crippen LogP contribution >= 0.6 is 0 Å². The topological polar surface area (TPSA) is 71.1 Å². The highest BCUT2D eigenvalue weighted by molar-refractivity contribution is 7.89. The number of fused-ring (bicyclic) bond motifs is 1. The van der Waals surface area contributed by atoms with Gasteiger partial charge in [-0.1, -0.05) is 0 Å². The molecule has 1 aromatic carbocycles. The normalized spacial score (nSPS) is 23.9. The Labute approximate surface area is 166 Å². The van der Waals surface area contributed by atoms with Gasteiger partial charge in [-0.15, -0.1) is 0 Å². The number of methoxy groups -OCH3 is 1. The highest BCUT2D eigenvalue weighted by atomic mass is 32.2. The molecule has 0 spiro atoms. The van der Waals surface area contributed by atoms with E-state index in [1.165, 1.54) is 24.0 Å². The van der Waals surface area contributed by atoms with Gasteiger partial charge in [0.2, 0.25) is 10.0 Å². The molecule has 0 atom stereocenters. The smallest absolute Gasteiger partial charge is 0.243 e. The molecule has 8 heteroatoms. The number of hydrogen-bond donors (Lipinski definition) is 1. The summed E-state index contributed by atoms with van der Waals surface area (Å²) in [6, 6.07) is 5.10. The maximum atomic E-state index is 13.2. The maximum Gasteiger partial charge on any atom is 0.243 e. The summed E-state index contributed by atoms with van der Waals surface area (Å²) in [6.45, 7) is 5.94. The molecule has 152 valence electrons. The van der Waals surface area contributed by atoms with E-state index in [0.29, 0.717) is 42.3 Å². The molecule has 4 aliphatic rings. The van der Waals surface area contributed by atoms with E-state index in [-0.39, 0.29) is 0 Å². The second-order valence-electron chi connectivity index (χ2n) is 8.49. The van der Waals surface area contributed by atoms with Crippen molar-refractivity contribution in [1.29, 1.82) is 0 Å². The van der Waals surface area contributed by atoms with E-state index in [0.717, 1.165) is 31.9 Å². The van der Waals surface area contributed by atoms with Gasteiger partial charge < -0.3 is 14.8 Å². The number of hydrogen-bond acceptors (Lipinski definition) is 6. The molecule has 0 aromatic heterocycles. The first-order valence-electron chi connectivity index (χ1n) is 9.91. The zero-order chi connectivity index (χ0) is 19.4. The molecular weight excluding hydrogens is 378 g/mol. The van der Waals surface area contributed by atoms with Gasteiger partial charge in [0.15, 0.2) is 0 Å². The molecule has 1 N–H and O–H groups in total. The van der Waals surface area contributed by atoms with Crippen molar-refractivity contribution in [2.75, 3.05) is 64.9 Å². The van der Waals surface area contributed by atoms with E-state index in [1.54, 1.807) is 29.6 Å². The van der Waals surface area contributed by atoms with Crippen LogP contribution in [-0.2, 0) is 14.8 Å². The molecular formula is C20H27N3O4S. The van der Waals surface area contributed by atoms with Crippen molar-refractivity contribution in [2.24, 2.45) is 5.41 Å². The van der Waals surface area contributed by atoms with Crippen LogP contribution in [0.3, 0.4) is 0 Å². The second kappa shape index (κ2) is 6.73. The summed E-state index contributed by atoms with van der Waals surface area (Å²) >= 11 is 0. The van der Waals surface area contributed by atoms with Gasteiger partial charge in [0.05, 0.1) is 17.2 Å². The fourth-order valence-electron chi connectivity index (χ4n) is 4.64. The Hall–Kier alpha value is -1.61. The molecule has 3 aliphatic heterocycles. The van der Waals surface area contributed by atoms with E-state index in [4.69, 9.17) is 9.47 Å². The van der Waals surface area contributed by atoms with Gasteiger partial charge in [-0.05, 0) is 42.2 Å². The Morgan fingerprint density at radius 3 is 2.61 bits per heavy atom. The van der Waals surface area contributed by atoms with E-state index < -0.39 is 10.0 Å². The Morgan fingerprint density at radius 2 is 1.93 bits per heavy atom. The summed E-state index contributed by atoms with van der Waals surface area (Å²) in [7, 11) is -1.73. The summed E-state index contributed by atoms with van der Waals surface area (Å²) in [5, 5.41) is 3.21. The minimum atomic E-state index is -3.51. The van der Waals surface area contributed by atoms with Crippen molar-refractivity contribution in [3.05, 3.63) is 29.3 Å². The third kappa shape index (κ3) is 3.22. The lowest BCUT2D eigenvalue weighted by molar-refractivity contribution is 0.116. The molecule has 1 aromatic rings. The average Bonchev–Trinajstić information content (AvgIpc) is 3.14. The molecule has 3 heterocycles. The SMILES string of the molecule is COCC1(CN2CC3=C(C2)CN(S(=O)(=O)c2ccc4c(c2)NCCO4)C3)CC1. The molecule has 0 saturated heterocycles. The van der Waals surface area contributed by atoms with Crippen LogP contribution in [0, 0.1) is 5.41 Å². The Bertz CT molecular complexity index is 905. The highest BCUT2D eigenvalue weighted by Crippen LogP contribution is 2.47. The van der Waals surface area contributed by atoms with Crippen LogP contribution in [0.5, 0.6) is 5.75 Å². The van der Waals surface area contributed by atoms with Crippen molar-refractivity contribution in [1.82, 2.24) is 9.21 Å². The van der Waals surface area contributed by atoms with Crippen LogP contribution in [0.25, 0.3) is 0 Å². The maximum absolute atomic E-state index is 13.2. The van der Waals surface area contributed by atoms with Gasteiger partial charge in [-0.25, -0.2) is 8.42 Å². The number of nitrogens with zero attached hydrogens (tertiary/aromatic N) is 2. The summed E-state index contributed by atoms with van der Waals surface area (Å²) in [6.07, 6.45) is 2.47. The highest BCUT2D eigenvalue weighted by Gasteiger charge is 2.46. The first kappa shape index (κ1) is 18.4. The molecule has 5 rings (SSSR count). The molecule has 1 fully saturated rings. The van der Waals surface area contributed by atoms with Gasteiger partial charge in [0, 0.05) is 51.8 Å². The van der Waals surface area contributed by atoms with Crippen molar-refractivity contribution >= 4 is 15.7 Å². The van der Waals surface area contributed by atoms with E-state index in [2.05, 4.69) is 10.2 Å². The molecule has 0 amide bonds. The number of rotatable bonds is 6. The molecule has 1 saturated carbocycles. The van der Waals surface area contributed by atoms with Crippen molar-refractivity contribution < 1.29 is 17.9 Å². The average molecular weight is 406 g/mol. The van der Waals surface area contributed by atoms with Gasteiger partial charge >= 0.3 is 0 Å². The summed E-state index contributed by atoms with van der Waals surface area (Å²) in [5.74, 6) is 0.716. The molecule has 1 aliphatic carbocycles. The van der Waals surface area contributed by atoms with Gasteiger partial charge in [0.1, 0.15) is 12.4 Å². The lowest BCUT2D eigenvalue weighted by Crippen LogP contribution is -2.36. The summed E-state index contributed by atoms with van der Waals surface area (Å²) in [4.78, 5) is 2.79. The van der Waals surface area contributed by atoms with Gasteiger partial charge in [-0.2, -0.15) is 4.31 Å². The first-order valence-corrected chi connectivity index (χ1v) is 11.4. The van der Waals surface area contributed by atoms with Gasteiger partial charge in [-0.3, -0.25) is 4.90 Å². The monoisotopic (exact) mass is 405 g/mol. The van der Waals surface area contributed by atoms with Crippen molar-refractivity contribution in [2.45, 2.75) is 17.7 Å². The van der Waals surface area contributed by atoms with Crippen LogP contribution in [0.2, 0.25) is 0 Å². The van der Waals surface area contributed by atoms with Crippen LogP contribution < -0.4 is 10.1 Å². The third-order valence-corrected chi connectivity index (χ3v) is 8.08. The quantitative estimate of drug-likeness (QED) is 0.724. The Balaban J connectivity index is 1.25. The van der Waals surface area contributed by atoms with Crippen LogP contribution in [-0.4, -0.2) is 77.2 Å². The lowest BCUT2D eigenvalue weighted by atomic mass is 10.1. The van der Waals surface area contributed by atoms with E-state index in [9.17, 15) is 8.42 Å². The zero-order valence-electron chi connectivity index (χ0n) is 16.2. The molecule has 28 heavy (non-hydrogen) atoms.